The van der Waals surface area contributed by atoms with Crippen LogP contribution in [0.3, 0.4) is 0 Å². The van der Waals surface area contributed by atoms with E-state index in [1.54, 1.807) is 12.4 Å². The summed E-state index contributed by atoms with van der Waals surface area (Å²) in [4.78, 5) is 16.5. The first-order chi connectivity index (χ1) is 14.1. The number of aryl methyl sites for hydroxylation is 1. The summed E-state index contributed by atoms with van der Waals surface area (Å²) in [7, 11) is 1.94. The Morgan fingerprint density at radius 1 is 1.14 bits per heavy atom. The summed E-state index contributed by atoms with van der Waals surface area (Å²) >= 11 is 0. The van der Waals surface area contributed by atoms with Crippen LogP contribution in [-0.2, 0) is 7.05 Å². The van der Waals surface area contributed by atoms with Gasteiger partial charge in [-0.3, -0.25) is 0 Å². The highest BCUT2D eigenvalue weighted by molar-refractivity contribution is 5.54. The summed E-state index contributed by atoms with van der Waals surface area (Å²) in [6, 6.07) is 6.59. The molecule has 1 unspecified atom stereocenters. The summed E-state index contributed by atoms with van der Waals surface area (Å²) < 4.78 is 15.3. The number of rotatable bonds is 7. The highest BCUT2D eigenvalue weighted by atomic mass is 19.1. The van der Waals surface area contributed by atoms with Crippen molar-refractivity contribution < 1.29 is 4.39 Å². The molecule has 6 nitrogen and oxygen atoms in total. The molecule has 0 bridgehead atoms. The van der Waals surface area contributed by atoms with E-state index in [2.05, 4.69) is 27.1 Å². The molecule has 3 aromatic rings. The molecule has 0 radical (unpaired) electrons. The van der Waals surface area contributed by atoms with Crippen LogP contribution in [0.2, 0.25) is 0 Å². The van der Waals surface area contributed by atoms with Crippen LogP contribution in [0, 0.1) is 5.82 Å². The van der Waals surface area contributed by atoms with Crippen LogP contribution in [0.1, 0.15) is 36.9 Å². The van der Waals surface area contributed by atoms with Gasteiger partial charge in [0.15, 0.2) is 5.82 Å². The number of nitrogens with zero attached hydrogens (tertiary/aromatic N) is 5. The SMILES string of the molecule is CC(c1ccc(F)cc1)c1nc(-c2nccn2C)cnc1NCCN1CCCC1. The molecule has 3 heterocycles. The third kappa shape index (κ3) is 4.45. The Kier molecular flexibility index (Phi) is 5.85. The zero-order valence-corrected chi connectivity index (χ0v) is 17.0. The Morgan fingerprint density at radius 2 is 1.90 bits per heavy atom. The summed E-state index contributed by atoms with van der Waals surface area (Å²) in [6.45, 7) is 6.23. The summed E-state index contributed by atoms with van der Waals surface area (Å²) in [5.41, 5.74) is 2.57. The Labute approximate surface area is 170 Å². The molecule has 1 aliphatic heterocycles. The van der Waals surface area contributed by atoms with Gasteiger partial charge < -0.3 is 14.8 Å². The Morgan fingerprint density at radius 3 is 2.59 bits per heavy atom. The molecule has 0 amide bonds. The topological polar surface area (TPSA) is 58.9 Å². The van der Waals surface area contributed by atoms with Gasteiger partial charge in [0.1, 0.15) is 17.3 Å². The van der Waals surface area contributed by atoms with Gasteiger partial charge in [0, 0.05) is 38.4 Å². The Hall–Kier alpha value is -2.80. The standard InChI is InChI=1S/C22H27FN6/c1-16(17-5-7-18(23)8-6-17)20-21(24-10-14-29-11-3-4-12-29)26-15-19(27-20)22-25-9-13-28(22)2/h5-9,13,15-16H,3-4,10-12,14H2,1-2H3,(H,24,26). The van der Waals surface area contributed by atoms with Crippen LogP contribution in [0.15, 0.2) is 42.9 Å². The van der Waals surface area contributed by atoms with E-state index in [9.17, 15) is 4.39 Å². The first kappa shape index (κ1) is 19.5. The average Bonchev–Trinajstić information content (AvgIpc) is 3.40. The van der Waals surface area contributed by atoms with Gasteiger partial charge in [-0.1, -0.05) is 19.1 Å². The second-order valence-electron chi connectivity index (χ2n) is 7.60. The Bertz CT molecular complexity index is 946. The minimum Gasteiger partial charge on any atom is -0.367 e. The number of anilines is 1. The van der Waals surface area contributed by atoms with Crippen molar-refractivity contribution in [3.63, 3.8) is 0 Å². The molecular formula is C22H27FN6. The molecule has 7 heteroatoms. The van der Waals surface area contributed by atoms with Crippen LogP contribution in [-0.4, -0.2) is 50.6 Å². The zero-order valence-electron chi connectivity index (χ0n) is 17.0. The maximum absolute atomic E-state index is 13.4. The summed E-state index contributed by atoms with van der Waals surface area (Å²) in [5.74, 6) is 1.28. The second-order valence-corrected chi connectivity index (χ2v) is 7.60. The molecule has 1 aliphatic rings. The monoisotopic (exact) mass is 394 g/mol. The van der Waals surface area contributed by atoms with Crippen molar-refractivity contribution in [3.05, 3.63) is 59.9 Å². The maximum Gasteiger partial charge on any atom is 0.159 e. The number of hydrogen-bond acceptors (Lipinski definition) is 5. The average molecular weight is 394 g/mol. The normalized spacial score (nSPS) is 15.6. The van der Waals surface area contributed by atoms with Crippen LogP contribution in [0.4, 0.5) is 10.2 Å². The number of aromatic nitrogens is 4. The van der Waals surface area contributed by atoms with E-state index in [4.69, 9.17) is 4.98 Å². The molecule has 1 aromatic carbocycles. The van der Waals surface area contributed by atoms with E-state index in [-0.39, 0.29) is 11.7 Å². The van der Waals surface area contributed by atoms with Crippen LogP contribution in [0.25, 0.3) is 11.5 Å². The minimum atomic E-state index is -0.238. The lowest BCUT2D eigenvalue weighted by Crippen LogP contribution is -2.26. The fourth-order valence-electron chi connectivity index (χ4n) is 3.81. The van der Waals surface area contributed by atoms with E-state index in [1.807, 2.05) is 29.9 Å². The van der Waals surface area contributed by atoms with Crippen molar-refractivity contribution in [2.75, 3.05) is 31.5 Å². The van der Waals surface area contributed by atoms with Crippen molar-refractivity contribution in [3.8, 4) is 11.5 Å². The van der Waals surface area contributed by atoms with Gasteiger partial charge in [0.2, 0.25) is 0 Å². The lowest BCUT2D eigenvalue weighted by atomic mass is 9.97. The number of likely N-dealkylation sites (tertiary alicyclic amines) is 1. The molecule has 1 atom stereocenters. The summed E-state index contributed by atoms with van der Waals surface area (Å²) in [6.07, 6.45) is 7.97. The number of benzene rings is 1. The largest absolute Gasteiger partial charge is 0.367 e. The highest BCUT2D eigenvalue weighted by Crippen LogP contribution is 2.29. The van der Waals surface area contributed by atoms with E-state index < -0.39 is 0 Å². The maximum atomic E-state index is 13.4. The van der Waals surface area contributed by atoms with Crippen molar-refractivity contribution in [2.24, 2.45) is 7.05 Å². The minimum absolute atomic E-state index is 0.0300. The van der Waals surface area contributed by atoms with E-state index in [1.165, 1.54) is 38.1 Å². The van der Waals surface area contributed by atoms with Gasteiger partial charge in [0.05, 0.1) is 11.9 Å². The van der Waals surface area contributed by atoms with Gasteiger partial charge in [-0.2, -0.15) is 0 Å². The smallest absolute Gasteiger partial charge is 0.159 e. The quantitative estimate of drug-likeness (QED) is 0.663. The van der Waals surface area contributed by atoms with Gasteiger partial charge in [0.25, 0.3) is 0 Å². The fraction of sp³-hybridized carbons (Fsp3) is 0.409. The van der Waals surface area contributed by atoms with Crippen molar-refractivity contribution in [2.45, 2.75) is 25.7 Å². The van der Waals surface area contributed by atoms with Crippen molar-refractivity contribution in [1.29, 1.82) is 0 Å². The molecule has 2 aromatic heterocycles. The molecule has 1 saturated heterocycles. The van der Waals surface area contributed by atoms with E-state index in [0.717, 1.165) is 41.7 Å². The second kappa shape index (κ2) is 8.69. The molecule has 0 spiro atoms. The molecule has 152 valence electrons. The highest BCUT2D eigenvalue weighted by Gasteiger charge is 2.19. The molecular weight excluding hydrogens is 367 g/mol. The Balaban J connectivity index is 1.61. The third-order valence-corrected chi connectivity index (χ3v) is 5.55. The number of imidazole rings is 1. The molecule has 1 N–H and O–H groups in total. The van der Waals surface area contributed by atoms with Crippen LogP contribution in [0.5, 0.6) is 0 Å². The van der Waals surface area contributed by atoms with Crippen LogP contribution >= 0.6 is 0 Å². The molecule has 29 heavy (non-hydrogen) atoms. The van der Waals surface area contributed by atoms with E-state index >= 15 is 0 Å². The van der Waals surface area contributed by atoms with Gasteiger partial charge in [-0.25, -0.2) is 19.3 Å². The molecule has 0 saturated carbocycles. The lowest BCUT2D eigenvalue weighted by molar-refractivity contribution is 0.352. The predicted octanol–water partition coefficient (Wildman–Crippen LogP) is 3.68. The number of nitrogens with one attached hydrogen (secondary N) is 1. The molecule has 1 fully saturated rings. The molecule has 4 rings (SSSR count). The predicted molar refractivity (Wildman–Crippen MR) is 112 cm³/mol. The number of halogens is 1. The summed E-state index contributed by atoms with van der Waals surface area (Å²) in [5, 5.41) is 3.47. The lowest BCUT2D eigenvalue weighted by Gasteiger charge is -2.19. The van der Waals surface area contributed by atoms with Crippen molar-refractivity contribution >= 4 is 5.82 Å². The first-order valence-corrected chi connectivity index (χ1v) is 10.2. The van der Waals surface area contributed by atoms with Gasteiger partial charge in [-0.15, -0.1) is 0 Å². The van der Waals surface area contributed by atoms with Crippen molar-refractivity contribution in [1.82, 2.24) is 24.4 Å². The van der Waals surface area contributed by atoms with Crippen LogP contribution < -0.4 is 5.32 Å². The third-order valence-electron chi connectivity index (χ3n) is 5.55. The van der Waals surface area contributed by atoms with Gasteiger partial charge in [-0.05, 0) is 43.6 Å². The van der Waals surface area contributed by atoms with E-state index in [0.29, 0.717) is 0 Å². The zero-order chi connectivity index (χ0) is 20.2. The number of hydrogen-bond donors (Lipinski definition) is 1. The molecule has 0 aliphatic carbocycles. The first-order valence-electron chi connectivity index (χ1n) is 10.2. The fourth-order valence-corrected chi connectivity index (χ4v) is 3.81. The van der Waals surface area contributed by atoms with Gasteiger partial charge >= 0.3 is 0 Å².